The first-order valence-electron chi connectivity index (χ1n) is 8.16. The zero-order valence-electron chi connectivity index (χ0n) is 14.3. The lowest BCUT2D eigenvalue weighted by Gasteiger charge is -2.41. The minimum absolute atomic E-state index is 0.102. The predicted octanol–water partition coefficient (Wildman–Crippen LogP) is 2.63. The lowest BCUT2D eigenvalue weighted by molar-refractivity contribution is 0.161. The predicted molar refractivity (Wildman–Crippen MR) is 88.3 cm³/mol. The molecule has 0 bridgehead atoms. The van der Waals surface area contributed by atoms with Crippen molar-refractivity contribution in [2.24, 2.45) is 11.3 Å². The first kappa shape index (κ1) is 18.9. The molecule has 0 heterocycles. The molecule has 1 saturated carbocycles. The number of methoxy groups -OCH3 is 1. The Balaban J connectivity index is 2.87. The molecule has 0 aromatic rings. The van der Waals surface area contributed by atoms with Crippen molar-refractivity contribution < 1.29 is 13.2 Å². The molecule has 4 nitrogen and oxygen atoms in total. The number of hydrogen-bond acceptors (Lipinski definition) is 4. The van der Waals surface area contributed by atoms with Gasteiger partial charge in [0, 0.05) is 13.2 Å². The molecule has 0 aromatic heterocycles. The van der Waals surface area contributed by atoms with Crippen LogP contribution in [0.4, 0.5) is 0 Å². The second-order valence-corrected chi connectivity index (χ2v) is 9.67. The summed E-state index contributed by atoms with van der Waals surface area (Å²) < 4.78 is 30.3. The third-order valence-corrected chi connectivity index (χ3v) is 6.89. The molecule has 1 N–H and O–H groups in total. The molecule has 3 atom stereocenters. The van der Waals surface area contributed by atoms with Crippen LogP contribution in [0.3, 0.4) is 0 Å². The van der Waals surface area contributed by atoms with Crippen molar-refractivity contribution in [3.8, 4) is 0 Å². The first-order chi connectivity index (χ1) is 9.72. The van der Waals surface area contributed by atoms with Crippen molar-refractivity contribution in [2.75, 3.05) is 26.0 Å². The maximum atomic E-state index is 12.7. The molecule has 0 amide bonds. The quantitative estimate of drug-likeness (QED) is 0.784. The van der Waals surface area contributed by atoms with Crippen molar-refractivity contribution >= 4 is 9.84 Å². The Labute approximate surface area is 130 Å². The van der Waals surface area contributed by atoms with Gasteiger partial charge in [0.05, 0.1) is 17.6 Å². The van der Waals surface area contributed by atoms with E-state index in [0.29, 0.717) is 12.5 Å². The summed E-state index contributed by atoms with van der Waals surface area (Å²) in [6.45, 7) is 9.95. The third-order valence-electron chi connectivity index (χ3n) is 4.71. The zero-order chi connectivity index (χ0) is 16.1. The maximum absolute atomic E-state index is 12.7. The van der Waals surface area contributed by atoms with Gasteiger partial charge in [-0.25, -0.2) is 8.42 Å². The number of nitrogens with one attached hydrogen (secondary N) is 1. The molecule has 0 spiro atoms. The fourth-order valence-electron chi connectivity index (χ4n) is 3.23. The van der Waals surface area contributed by atoms with Crippen molar-refractivity contribution in [3.05, 3.63) is 0 Å². The highest BCUT2D eigenvalue weighted by Crippen LogP contribution is 2.40. The molecule has 0 radical (unpaired) electrons. The third kappa shape index (κ3) is 5.53. The van der Waals surface area contributed by atoms with E-state index in [1.807, 2.05) is 0 Å². The first-order valence-corrected chi connectivity index (χ1v) is 9.87. The van der Waals surface area contributed by atoms with E-state index in [1.54, 1.807) is 7.11 Å². The van der Waals surface area contributed by atoms with Crippen molar-refractivity contribution in [1.82, 2.24) is 5.32 Å². The van der Waals surface area contributed by atoms with Gasteiger partial charge in [-0.15, -0.1) is 0 Å². The largest absolute Gasteiger partial charge is 0.384 e. The van der Waals surface area contributed by atoms with E-state index >= 15 is 0 Å². The molecular formula is C16H33NO3S. The fourth-order valence-corrected chi connectivity index (χ4v) is 5.19. The highest BCUT2D eigenvalue weighted by Gasteiger charge is 2.41. The van der Waals surface area contributed by atoms with Crippen LogP contribution in [0, 0.1) is 11.3 Å². The molecule has 5 heteroatoms. The molecule has 0 saturated heterocycles. The van der Waals surface area contributed by atoms with Crippen molar-refractivity contribution in [1.29, 1.82) is 0 Å². The number of rotatable bonds is 7. The van der Waals surface area contributed by atoms with E-state index in [2.05, 4.69) is 33.0 Å². The van der Waals surface area contributed by atoms with E-state index < -0.39 is 9.84 Å². The Morgan fingerprint density at radius 1 is 1.24 bits per heavy atom. The molecule has 0 aromatic carbocycles. The fraction of sp³-hybridized carbons (Fsp3) is 1.00. The van der Waals surface area contributed by atoms with Gasteiger partial charge < -0.3 is 10.1 Å². The van der Waals surface area contributed by atoms with E-state index in [9.17, 15) is 8.42 Å². The summed E-state index contributed by atoms with van der Waals surface area (Å²) in [5.74, 6) is 0.606. The summed E-state index contributed by atoms with van der Waals surface area (Å²) >= 11 is 0. The van der Waals surface area contributed by atoms with Gasteiger partial charge in [0.15, 0.2) is 9.84 Å². The van der Waals surface area contributed by atoms with E-state index in [4.69, 9.17) is 4.74 Å². The van der Waals surface area contributed by atoms with Crippen LogP contribution >= 0.6 is 0 Å². The summed E-state index contributed by atoms with van der Waals surface area (Å²) in [6.07, 6.45) is 3.88. The molecule has 1 rings (SSSR count). The van der Waals surface area contributed by atoms with Gasteiger partial charge in [0.25, 0.3) is 0 Å². The second-order valence-electron chi connectivity index (χ2n) is 7.33. The van der Waals surface area contributed by atoms with Crippen LogP contribution in [0.15, 0.2) is 0 Å². The zero-order valence-corrected chi connectivity index (χ0v) is 15.1. The van der Waals surface area contributed by atoms with Crippen molar-refractivity contribution in [3.63, 3.8) is 0 Å². The molecule has 126 valence electrons. The summed E-state index contributed by atoms with van der Waals surface area (Å²) in [5.41, 5.74) is 0.171. The van der Waals surface area contributed by atoms with Crippen LogP contribution in [0.2, 0.25) is 0 Å². The lowest BCUT2D eigenvalue weighted by atomic mass is 9.71. The van der Waals surface area contributed by atoms with Gasteiger partial charge >= 0.3 is 0 Å². The standard InChI is InChI=1S/C16H33NO3S/c1-6-9-17-14-8-7-13(16(2,3)4)12-15(14)21(18,19)11-10-20-5/h13-15,17H,6-12H2,1-5H3. The summed E-state index contributed by atoms with van der Waals surface area (Å²) in [4.78, 5) is 0. The summed E-state index contributed by atoms with van der Waals surface area (Å²) in [7, 11) is -1.55. The van der Waals surface area contributed by atoms with E-state index in [1.165, 1.54) is 0 Å². The van der Waals surface area contributed by atoms with Gasteiger partial charge in [0.2, 0.25) is 0 Å². The Kier molecular flexibility index (Phi) is 7.14. The van der Waals surface area contributed by atoms with Gasteiger partial charge in [-0.05, 0) is 43.6 Å². The average Bonchev–Trinajstić information content (AvgIpc) is 2.41. The molecule has 1 aliphatic carbocycles. The van der Waals surface area contributed by atoms with E-state index in [0.717, 1.165) is 32.2 Å². The summed E-state index contributed by atoms with van der Waals surface area (Å²) in [6, 6.07) is 0.102. The van der Waals surface area contributed by atoms with Crippen LogP contribution in [0.1, 0.15) is 53.4 Å². The van der Waals surface area contributed by atoms with E-state index in [-0.39, 0.29) is 22.5 Å². The molecule has 0 aliphatic heterocycles. The SMILES string of the molecule is CCCNC1CCC(C(C)(C)C)CC1S(=O)(=O)CCOC. The average molecular weight is 320 g/mol. The van der Waals surface area contributed by atoms with Gasteiger partial charge in [-0.3, -0.25) is 0 Å². The topological polar surface area (TPSA) is 55.4 Å². The smallest absolute Gasteiger partial charge is 0.156 e. The van der Waals surface area contributed by atoms with Crippen LogP contribution in [-0.2, 0) is 14.6 Å². The number of sulfone groups is 1. The number of ether oxygens (including phenoxy) is 1. The minimum Gasteiger partial charge on any atom is -0.384 e. The number of hydrogen-bond donors (Lipinski definition) is 1. The minimum atomic E-state index is -3.11. The maximum Gasteiger partial charge on any atom is 0.156 e. The lowest BCUT2D eigenvalue weighted by Crippen LogP contribution is -2.50. The van der Waals surface area contributed by atoms with Gasteiger partial charge in [0.1, 0.15) is 0 Å². The highest BCUT2D eigenvalue weighted by atomic mass is 32.2. The Morgan fingerprint density at radius 3 is 2.43 bits per heavy atom. The van der Waals surface area contributed by atoms with Crippen LogP contribution < -0.4 is 5.32 Å². The highest BCUT2D eigenvalue weighted by molar-refractivity contribution is 7.92. The molecule has 1 fully saturated rings. The van der Waals surface area contributed by atoms with Crippen LogP contribution in [0.5, 0.6) is 0 Å². The Morgan fingerprint density at radius 2 is 1.90 bits per heavy atom. The summed E-state index contributed by atoms with van der Waals surface area (Å²) in [5, 5.41) is 3.19. The molecule has 3 unspecified atom stereocenters. The van der Waals surface area contributed by atoms with Gasteiger partial charge in [-0.1, -0.05) is 27.7 Å². The second kappa shape index (κ2) is 7.93. The molecule has 1 aliphatic rings. The normalized spacial score (nSPS) is 27.8. The Hall–Kier alpha value is -0.130. The molecule has 21 heavy (non-hydrogen) atoms. The van der Waals surface area contributed by atoms with Gasteiger partial charge in [-0.2, -0.15) is 0 Å². The Bertz CT molecular complexity index is 400. The molecular weight excluding hydrogens is 286 g/mol. The van der Waals surface area contributed by atoms with Crippen molar-refractivity contribution in [2.45, 2.75) is 64.7 Å². The van der Waals surface area contributed by atoms with Crippen LogP contribution in [0.25, 0.3) is 0 Å². The van der Waals surface area contributed by atoms with Crippen LogP contribution in [-0.4, -0.2) is 45.7 Å². The monoisotopic (exact) mass is 319 g/mol.